The summed E-state index contributed by atoms with van der Waals surface area (Å²) in [6.07, 6.45) is 7.91. The first-order chi connectivity index (χ1) is 9.74. The third kappa shape index (κ3) is 4.72. The highest BCUT2D eigenvalue weighted by atomic mass is 16.2. The number of carbonyl (C=O) groups is 1. The first kappa shape index (κ1) is 14.0. The van der Waals surface area contributed by atoms with E-state index in [1.54, 1.807) is 23.3 Å². The molecule has 0 spiro atoms. The molecule has 106 valence electrons. The molecule has 2 aromatic heterocycles. The molecule has 6 heteroatoms. The van der Waals surface area contributed by atoms with E-state index >= 15 is 0 Å². The van der Waals surface area contributed by atoms with E-state index in [2.05, 4.69) is 20.7 Å². The van der Waals surface area contributed by atoms with Gasteiger partial charge in [-0.15, -0.1) is 0 Å². The van der Waals surface area contributed by atoms with Crippen molar-refractivity contribution in [3.8, 4) is 0 Å². The molecular weight excluding hydrogens is 254 g/mol. The lowest BCUT2D eigenvalue weighted by atomic mass is 10.2. The van der Waals surface area contributed by atoms with Crippen LogP contribution in [0.2, 0.25) is 0 Å². The molecule has 2 heterocycles. The molecule has 0 saturated carbocycles. The highest BCUT2D eigenvalue weighted by Crippen LogP contribution is 1.95. The topological polar surface area (TPSA) is 71.8 Å². The zero-order valence-corrected chi connectivity index (χ0v) is 11.5. The number of nitrogens with one attached hydrogen (secondary N) is 2. The van der Waals surface area contributed by atoms with Crippen molar-refractivity contribution in [2.24, 2.45) is 0 Å². The number of pyridine rings is 1. The maximum Gasteiger partial charge on any atom is 0.315 e. The van der Waals surface area contributed by atoms with Crippen LogP contribution in [0.4, 0.5) is 4.79 Å². The first-order valence-electron chi connectivity index (χ1n) is 6.65. The molecule has 0 bridgehead atoms. The van der Waals surface area contributed by atoms with Gasteiger partial charge >= 0.3 is 6.03 Å². The third-order valence-electron chi connectivity index (χ3n) is 2.82. The Morgan fingerprint density at radius 1 is 1.40 bits per heavy atom. The second-order valence-electron chi connectivity index (χ2n) is 4.64. The van der Waals surface area contributed by atoms with Crippen LogP contribution in [0.15, 0.2) is 43.0 Å². The number of nitrogens with zero attached hydrogens (tertiary/aromatic N) is 3. The molecule has 2 N–H and O–H groups in total. The lowest BCUT2D eigenvalue weighted by Crippen LogP contribution is -2.43. The van der Waals surface area contributed by atoms with Gasteiger partial charge in [0.05, 0.1) is 6.54 Å². The second-order valence-corrected chi connectivity index (χ2v) is 4.64. The summed E-state index contributed by atoms with van der Waals surface area (Å²) in [5.41, 5.74) is 1.11. The van der Waals surface area contributed by atoms with E-state index in [0.29, 0.717) is 13.1 Å². The van der Waals surface area contributed by atoms with Crippen molar-refractivity contribution in [2.75, 3.05) is 6.54 Å². The Bertz CT molecular complexity index is 512. The van der Waals surface area contributed by atoms with Crippen molar-refractivity contribution in [2.45, 2.75) is 25.9 Å². The molecule has 1 atom stereocenters. The Morgan fingerprint density at radius 2 is 2.30 bits per heavy atom. The van der Waals surface area contributed by atoms with Crippen molar-refractivity contribution in [3.63, 3.8) is 0 Å². The number of urea groups is 1. The number of hydrogen-bond acceptors (Lipinski definition) is 3. The molecule has 0 aliphatic rings. The van der Waals surface area contributed by atoms with Crippen LogP contribution in [0, 0.1) is 0 Å². The molecule has 0 radical (unpaired) electrons. The molecule has 0 unspecified atom stereocenters. The van der Waals surface area contributed by atoms with Crippen LogP contribution in [0.5, 0.6) is 0 Å². The molecule has 0 aromatic carbocycles. The van der Waals surface area contributed by atoms with Crippen LogP contribution < -0.4 is 10.6 Å². The molecule has 6 nitrogen and oxygen atoms in total. The van der Waals surface area contributed by atoms with Gasteiger partial charge in [-0.3, -0.25) is 9.67 Å². The molecule has 0 fully saturated rings. The van der Waals surface area contributed by atoms with E-state index in [-0.39, 0.29) is 12.1 Å². The van der Waals surface area contributed by atoms with Crippen molar-refractivity contribution in [1.29, 1.82) is 0 Å². The maximum absolute atomic E-state index is 11.7. The van der Waals surface area contributed by atoms with Gasteiger partial charge in [0.25, 0.3) is 0 Å². The van der Waals surface area contributed by atoms with Crippen molar-refractivity contribution < 1.29 is 4.79 Å². The van der Waals surface area contributed by atoms with Gasteiger partial charge in [0.2, 0.25) is 0 Å². The minimum absolute atomic E-state index is 0.0216. The third-order valence-corrected chi connectivity index (χ3v) is 2.82. The van der Waals surface area contributed by atoms with E-state index in [4.69, 9.17) is 0 Å². The minimum atomic E-state index is -0.159. The van der Waals surface area contributed by atoms with Gasteiger partial charge in [-0.1, -0.05) is 6.07 Å². The lowest BCUT2D eigenvalue weighted by Gasteiger charge is -2.14. The van der Waals surface area contributed by atoms with Crippen molar-refractivity contribution >= 4 is 6.03 Å². The number of aromatic nitrogens is 3. The number of hydrogen-bond donors (Lipinski definition) is 2. The van der Waals surface area contributed by atoms with E-state index < -0.39 is 0 Å². The van der Waals surface area contributed by atoms with Gasteiger partial charge in [-0.25, -0.2) is 4.79 Å². The maximum atomic E-state index is 11.7. The van der Waals surface area contributed by atoms with Gasteiger partial charge < -0.3 is 10.6 Å². The monoisotopic (exact) mass is 273 g/mol. The molecule has 2 amide bonds. The molecule has 2 rings (SSSR count). The second kappa shape index (κ2) is 7.28. The van der Waals surface area contributed by atoms with Gasteiger partial charge in [0, 0.05) is 37.4 Å². The number of carbonyl (C=O) groups excluding carboxylic acids is 1. The Balaban J connectivity index is 1.65. The highest BCUT2D eigenvalue weighted by Gasteiger charge is 2.07. The average Bonchev–Trinajstić information content (AvgIpc) is 2.92. The van der Waals surface area contributed by atoms with Gasteiger partial charge in [0.15, 0.2) is 0 Å². The summed E-state index contributed by atoms with van der Waals surface area (Å²) in [6.45, 7) is 3.19. The van der Waals surface area contributed by atoms with E-state index in [0.717, 1.165) is 12.0 Å². The summed E-state index contributed by atoms with van der Waals surface area (Å²) in [6, 6.07) is 5.61. The van der Waals surface area contributed by atoms with Crippen LogP contribution in [0.1, 0.15) is 12.5 Å². The first-order valence-corrected chi connectivity index (χ1v) is 6.65. The van der Waals surface area contributed by atoms with Crippen LogP contribution >= 0.6 is 0 Å². The minimum Gasteiger partial charge on any atom is -0.338 e. The average molecular weight is 273 g/mol. The Kier molecular flexibility index (Phi) is 5.11. The number of amides is 2. The van der Waals surface area contributed by atoms with Crippen LogP contribution in [0.3, 0.4) is 0 Å². The lowest BCUT2D eigenvalue weighted by molar-refractivity contribution is 0.236. The van der Waals surface area contributed by atoms with Gasteiger partial charge in [-0.2, -0.15) is 5.10 Å². The predicted octanol–water partition coefficient (Wildman–Crippen LogP) is 1.21. The van der Waals surface area contributed by atoms with Crippen molar-refractivity contribution in [1.82, 2.24) is 25.4 Å². The van der Waals surface area contributed by atoms with E-state index in [1.807, 2.05) is 31.3 Å². The van der Waals surface area contributed by atoms with Crippen LogP contribution in [-0.2, 0) is 13.0 Å². The quantitative estimate of drug-likeness (QED) is 0.831. The molecule has 2 aromatic rings. The summed E-state index contributed by atoms with van der Waals surface area (Å²) in [7, 11) is 0. The van der Waals surface area contributed by atoms with E-state index in [1.165, 1.54) is 0 Å². The number of rotatable bonds is 6. The van der Waals surface area contributed by atoms with Gasteiger partial charge in [-0.05, 0) is 31.0 Å². The summed E-state index contributed by atoms with van der Waals surface area (Å²) in [5, 5.41) is 9.82. The normalized spacial score (nSPS) is 11.8. The molecular formula is C14H19N5O. The largest absolute Gasteiger partial charge is 0.338 e. The smallest absolute Gasteiger partial charge is 0.315 e. The SMILES string of the molecule is C[C@@H](Cn1cccn1)NC(=O)NCCc1cccnc1. The predicted molar refractivity (Wildman–Crippen MR) is 76.2 cm³/mol. The summed E-state index contributed by atoms with van der Waals surface area (Å²) < 4.78 is 1.79. The molecule has 0 aliphatic carbocycles. The zero-order valence-electron chi connectivity index (χ0n) is 11.5. The standard InChI is InChI=1S/C14H19N5O/c1-12(11-19-9-3-7-17-19)18-14(20)16-8-5-13-4-2-6-15-10-13/h2-4,6-7,9-10,12H,5,8,11H2,1H3,(H2,16,18,20)/t12-/m0/s1. The van der Waals surface area contributed by atoms with Crippen LogP contribution in [0.25, 0.3) is 0 Å². The van der Waals surface area contributed by atoms with Crippen LogP contribution in [-0.4, -0.2) is 33.4 Å². The fraction of sp³-hybridized carbons (Fsp3) is 0.357. The zero-order chi connectivity index (χ0) is 14.2. The van der Waals surface area contributed by atoms with Gasteiger partial charge in [0.1, 0.15) is 0 Å². The molecule has 0 aliphatic heterocycles. The Hall–Kier alpha value is -2.37. The fourth-order valence-corrected chi connectivity index (χ4v) is 1.88. The Morgan fingerprint density at radius 3 is 3.00 bits per heavy atom. The summed E-state index contributed by atoms with van der Waals surface area (Å²) >= 11 is 0. The fourth-order valence-electron chi connectivity index (χ4n) is 1.88. The highest BCUT2D eigenvalue weighted by molar-refractivity contribution is 5.74. The summed E-state index contributed by atoms with van der Waals surface area (Å²) in [5.74, 6) is 0. The van der Waals surface area contributed by atoms with E-state index in [9.17, 15) is 4.79 Å². The molecule has 0 saturated heterocycles. The Labute approximate surface area is 118 Å². The molecule has 20 heavy (non-hydrogen) atoms. The van der Waals surface area contributed by atoms with Crippen molar-refractivity contribution in [3.05, 3.63) is 48.5 Å². The summed E-state index contributed by atoms with van der Waals surface area (Å²) in [4.78, 5) is 15.7.